The predicted octanol–water partition coefficient (Wildman–Crippen LogP) is 3.34. The molecule has 1 atom stereocenters. The summed E-state index contributed by atoms with van der Waals surface area (Å²) in [6, 6.07) is 5.99. The fourth-order valence-electron chi connectivity index (χ4n) is 3.61. The van der Waals surface area contributed by atoms with Gasteiger partial charge in [-0.1, -0.05) is 32.0 Å². The van der Waals surface area contributed by atoms with Crippen molar-refractivity contribution in [3.8, 4) is 0 Å². The lowest BCUT2D eigenvalue weighted by atomic mass is 10.0. The third-order valence-corrected chi connectivity index (χ3v) is 5.06. The van der Waals surface area contributed by atoms with Crippen molar-refractivity contribution >= 4 is 16.8 Å². The van der Waals surface area contributed by atoms with E-state index < -0.39 is 23.2 Å². The van der Waals surface area contributed by atoms with Crippen molar-refractivity contribution in [2.75, 3.05) is 32.8 Å². The minimum Gasteiger partial charge on any atom is -0.379 e. The summed E-state index contributed by atoms with van der Waals surface area (Å²) in [7, 11) is 0. The number of fused-ring (bicyclic) bond motifs is 1. The summed E-state index contributed by atoms with van der Waals surface area (Å²) in [6.07, 6.45) is -3.64. The van der Waals surface area contributed by atoms with Crippen LogP contribution in [0.1, 0.15) is 29.8 Å². The topological polar surface area (TPSA) is 54.5 Å². The van der Waals surface area contributed by atoms with E-state index in [9.17, 15) is 18.0 Å². The molecule has 1 saturated heterocycles. The van der Waals surface area contributed by atoms with Gasteiger partial charge in [0.1, 0.15) is 0 Å². The van der Waals surface area contributed by atoms with Crippen LogP contribution in [-0.2, 0) is 10.9 Å². The Morgan fingerprint density at radius 3 is 2.57 bits per heavy atom. The molecule has 0 aliphatic carbocycles. The quantitative estimate of drug-likeness (QED) is 0.844. The number of hydrogen-bond donors (Lipinski definition) is 1. The van der Waals surface area contributed by atoms with Crippen LogP contribution < -0.4 is 5.32 Å². The summed E-state index contributed by atoms with van der Waals surface area (Å²) in [5.74, 6) is -0.528. The van der Waals surface area contributed by atoms with E-state index in [0.717, 1.165) is 19.3 Å². The molecular formula is C20H24F3N3O2. The second-order valence-corrected chi connectivity index (χ2v) is 7.23. The highest BCUT2D eigenvalue weighted by Gasteiger charge is 2.38. The van der Waals surface area contributed by atoms with Crippen LogP contribution in [0.5, 0.6) is 0 Å². The summed E-state index contributed by atoms with van der Waals surface area (Å²) in [6.45, 7) is 7.04. The van der Waals surface area contributed by atoms with Crippen LogP contribution in [-0.4, -0.2) is 54.7 Å². The Kier molecular flexibility index (Phi) is 6.20. The van der Waals surface area contributed by atoms with E-state index in [2.05, 4.69) is 15.2 Å². The number of alkyl halides is 3. The number of ether oxygens (including phenoxy) is 1. The molecule has 0 bridgehead atoms. The lowest BCUT2D eigenvalue weighted by Crippen LogP contribution is -2.51. The molecule has 0 radical (unpaired) electrons. The number of aromatic nitrogens is 1. The largest absolute Gasteiger partial charge is 0.417 e. The zero-order valence-corrected chi connectivity index (χ0v) is 15.9. The molecule has 1 aromatic carbocycles. The van der Waals surface area contributed by atoms with Gasteiger partial charge in [-0.25, -0.2) is 0 Å². The first-order chi connectivity index (χ1) is 13.3. The average molecular weight is 395 g/mol. The van der Waals surface area contributed by atoms with Crippen molar-refractivity contribution < 1.29 is 22.7 Å². The van der Waals surface area contributed by atoms with Crippen LogP contribution in [0.25, 0.3) is 10.9 Å². The summed E-state index contributed by atoms with van der Waals surface area (Å²) < 4.78 is 46.5. The molecule has 0 saturated carbocycles. The lowest BCUT2D eigenvalue weighted by Gasteiger charge is -2.37. The first-order valence-corrected chi connectivity index (χ1v) is 9.34. The molecule has 1 fully saturated rings. The molecule has 1 amide bonds. The third kappa shape index (κ3) is 4.44. The van der Waals surface area contributed by atoms with Crippen LogP contribution in [0.15, 0.2) is 30.5 Å². The highest BCUT2D eigenvalue weighted by molar-refractivity contribution is 6.00. The number of para-hydroxylation sites is 1. The van der Waals surface area contributed by atoms with Crippen molar-refractivity contribution in [1.29, 1.82) is 0 Å². The van der Waals surface area contributed by atoms with Crippen LogP contribution >= 0.6 is 0 Å². The Hall–Kier alpha value is -2.19. The summed E-state index contributed by atoms with van der Waals surface area (Å²) >= 11 is 0. The van der Waals surface area contributed by atoms with Crippen LogP contribution in [0, 0.1) is 5.92 Å². The van der Waals surface area contributed by atoms with Gasteiger partial charge in [0.25, 0.3) is 5.91 Å². The Morgan fingerprint density at radius 1 is 1.25 bits per heavy atom. The molecule has 5 nitrogen and oxygen atoms in total. The van der Waals surface area contributed by atoms with Gasteiger partial charge in [-0.15, -0.1) is 0 Å². The predicted molar refractivity (Wildman–Crippen MR) is 100 cm³/mol. The van der Waals surface area contributed by atoms with E-state index in [1.165, 1.54) is 18.2 Å². The smallest absolute Gasteiger partial charge is 0.379 e. The van der Waals surface area contributed by atoms with Crippen molar-refractivity contribution in [2.24, 2.45) is 5.92 Å². The summed E-state index contributed by atoms with van der Waals surface area (Å²) in [5, 5.41) is 2.62. The number of nitrogens with one attached hydrogen (secondary N) is 1. The Labute approximate surface area is 161 Å². The molecule has 1 aliphatic heterocycles. The zero-order valence-electron chi connectivity index (χ0n) is 15.9. The van der Waals surface area contributed by atoms with Crippen molar-refractivity contribution in [2.45, 2.75) is 26.1 Å². The molecule has 2 heterocycles. The van der Waals surface area contributed by atoms with Crippen molar-refractivity contribution in [3.63, 3.8) is 0 Å². The number of nitrogens with zero attached hydrogens (tertiary/aromatic N) is 2. The molecule has 1 N–H and O–H groups in total. The van der Waals surface area contributed by atoms with Crippen LogP contribution in [0.4, 0.5) is 13.2 Å². The third-order valence-electron chi connectivity index (χ3n) is 5.06. The number of amides is 1. The number of rotatable bonds is 5. The number of halogens is 3. The highest BCUT2D eigenvalue weighted by atomic mass is 19.4. The second-order valence-electron chi connectivity index (χ2n) is 7.23. The van der Waals surface area contributed by atoms with Crippen molar-refractivity contribution in [1.82, 2.24) is 15.2 Å². The molecule has 28 heavy (non-hydrogen) atoms. The molecule has 8 heteroatoms. The fourth-order valence-corrected chi connectivity index (χ4v) is 3.61. The maximum atomic E-state index is 13.7. The SMILES string of the molecule is CC(C)C(CNC(=O)c1cnc2ccccc2c1C(F)(F)F)N1CCOCC1. The van der Waals surface area contributed by atoms with Gasteiger partial charge in [-0.05, 0) is 12.0 Å². The Bertz CT molecular complexity index is 833. The number of benzene rings is 1. The second kappa shape index (κ2) is 8.45. The summed E-state index contributed by atoms with van der Waals surface area (Å²) in [5.41, 5.74) is -1.18. The molecule has 3 rings (SSSR count). The maximum Gasteiger partial charge on any atom is 0.417 e. The number of carbonyl (C=O) groups is 1. The number of hydrogen-bond acceptors (Lipinski definition) is 4. The molecular weight excluding hydrogens is 371 g/mol. The molecule has 152 valence electrons. The monoisotopic (exact) mass is 395 g/mol. The van der Waals surface area contributed by atoms with Crippen molar-refractivity contribution in [3.05, 3.63) is 41.6 Å². The maximum absolute atomic E-state index is 13.7. The van der Waals surface area contributed by atoms with Gasteiger partial charge in [-0.3, -0.25) is 14.7 Å². The van der Waals surface area contributed by atoms with E-state index >= 15 is 0 Å². The molecule has 2 aromatic rings. The Balaban J connectivity index is 1.84. The molecule has 0 spiro atoms. The van der Waals surface area contributed by atoms with Gasteiger partial charge >= 0.3 is 6.18 Å². The molecule has 1 aromatic heterocycles. The minimum atomic E-state index is -4.66. The van der Waals surface area contributed by atoms with Gasteiger partial charge in [0.15, 0.2) is 0 Å². The first kappa shape index (κ1) is 20.5. The van der Waals surface area contributed by atoms with Gasteiger partial charge < -0.3 is 10.1 Å². The van der Waals surface area contributed by atoms with E-state index in [1.807, 2.05) is 13.8 Å². The average Bonchev–Trinajstić information content (AvgIpc) is 2.66. The van der Waals surface area contributed by atoms with E-state index in [0.29, 0.717) is 13.2 Å². The highest BCUT2D eigenvalue weighted by Crippen LogP contribution is 2.36. The van der Waals surface area contributed by atoms with E-state index in [1.54, 1.807) is 6.07 Å². The lowest BCUT2D eigenvalue weighted by molar-refractivity contribution is -0.136. The standard InChI is InChI=1S/C20H24F3N3O2/c1-13(2)17(26-7-9-28-10-8-26)12-25-19(27)15-11-24-16-6-4-3-5-14(16)18(15)20(21,22)23/h3-6,11,13,17H,7-10,12H2,1-2H3,(H,25,27). The fraction of sp³-hybridized carbons (Fsp3) is 0.500. The van der Waals surface area contributed by atoms with E-state index in [-0.39, 0.29) is 29.4 Å². The normalized spacial score (nSPS) is 17.1. The van der Waals surface area contributed by atoms with Gasteiger partial charge in [0.05, 0.1) is 29.9 Å². The van der Waals surface area contributed by atoms with Gasteiger partial charge in [0.2, 0.25) is 0 Å². The zero-order chi connectivity index (χ0) is 20.3. The minimum absolute atomic E-state index is 0.0237. The van der Waals surface area contributed by atoms with Crippen LogP contribution in [0.3, 0.4) is 0 Å². The summed E-state index contributed by atoms with van der Waals surface area (Å²) in [4.78, 5) is 18.9. The molecule has 1 unspecified atom stereocenters. The number of morpholine rings is 1. The number of pyridine rings is 1. The first-order valence-electron chi connectivity index (χ1n) is 9.34. The molecule has 1 aliphatic rings. The number of carbonyl (C=O) groups excluding carboxylic acids is 1. The van der Waals surface area contributed by atoms with E-state index in [4.69, 9.17) is 4.74 Å². The van der Waals surface area contributed by atoms with Gasteiger partial charge in [-0.2, -0.15) is 13.2 Å². The van der Waals surface area contributed by atoms with Gasteiger partial charge in [0, 0.05) is 37.3 Å². The Morgan fingerprint density at radius 2 is 1.93 bits per heavy atom. The van der Waals surface area contributed by atoms with Crippen LogP contribution in [0.2, 0.25) is 0 Å².